The summed E-state index contributed by atoms with van der Waals surface area (Å²) in [6, 6.07) is 20.2. The standard InChI is InChI=1S/C22H23NO2/c24-21(20-15-17-9-5-6-12-19(17)25-20)23-16-22(13-7-2-8-14-22)18-10-3-1-4-11-18/h1,3-6,9-12,15H,2,7-8,13-14,16H2,(H,23,24). The Morgan fingerprint density at radius 3 is 2.44 bits per heavy atom. The maximum atomic E-state index is 12.6. The second-order valence-corrected chi connectivity index (χ2v) is 7.04. The molecule has 0 aliphatic heterocycles. The van der Waals surface area contributed by atoms with Crippen molar-refractivity contribution in [3.8, 4) is 0 Å². The summed E-state index contributed by atoms with van der Waals surface area (Å²) >= 11 is 0. The number of amides is 1. The van der Waals surface area contributed by atoms with Gasteiger partial charge in [-0.25, -0.2) is 0 Å². The lowest BCUT2D eigenvalue weighted by molar-refractivity contribution is 0.0911. The van der Waals surface area contributed by atoms with Gasteiger partial charge in [0.1, 0.15) is 5.58 Å². The van der Waals surface area contributed by atoms with Crippen LogP contribution in [0.1, 0.15) is 48.2 Å². The smallest absolute Gasteiger partial charge is 0.287 e. The third-order valence-electron chi connectivity index (χ3n) is 5.43. The third-order valence-corrected chi connectivity index (χ3v) is 5.43. The first-order valence-corrected chi connectivity index (χ1v) is 9.09. The van der Waals surface area contributed by atoms with Crippen molar-refractivity contribution in [3.63, 3.8) is 0 Å². The fourth-order valence-corrected chi connectivity index (χ4v) is 4.02. The van der Waals surface area contributed by atoms with Crippen LogP contribution in [0, 0.1) is 0 Å². The summed E-state index contributed by atoms with van der Waals surface area (Å²) < 4.78 is 5.70. The van der Waals surface area contributed by atoms with Crippen molar-refractivity contribution in [3.05, 3.63) is 72.0 Å². The van der Waals surface area contributed by atoms with E-state index in [9.17, 15) is 4.79 Å². The molecule has 1 heterocycles. The van der Waals surface area contributed by atoms with Gasteiger partial charge >= 0.3 is 0 Å². The van der Waals surface area contributed by atoms with Crippen LogP contribution >= 0.6 is 0 Å². The Kier molecular flexibility index (Phi) is 4.31. The quantitative estimate of drug-likeness (QED) is 0.725. The number of hydrogen-bond donors (Lipinski definition) is 1. The van der Waals surface area contributed by atoms with E-state index in [4.69, 9.17) is 4.42 Å². The Balaban J connectivity index is 1.53. The summed E-state index contributed by atoms with van der Waals surface area (Å²) in [4.78, 5) is 12.6. The van der Waals surface area contributed by atoms with Crippen LogP contribution < -0.4 is 5.32 Å². The largest absolute Gasteiger partial charge is 0.451 e. The van der Waals surface area contributed by atoms with Gasteiger partial charge in [-0.1, -0.05) is 67.8 Å². The van der Waals surface area contributed by atoms with Crippen molar-refractivity contribution in [2.75, 3.05) is 6.54 Å². The van der Waals surface area contributed by atoms with Crippen molar-refractivity contribution in [1.29, 1.82) is 0 Å². The number of nitrogens with one attached hydrogen (secondary N) is 1. The topological polar surface area (TPSA) is 42.2 Å². The van der Waals surface area contributed by atoms with E-state index in [0.717, 1.165) is 23.8 Å². The Labute approximate surface area is 148 Å². The van der Waals surface area contributed by atoms with E-state index in [-0.39, 0.29) is 11.3 Å². The molecule has 1 aliphatic rings. The molecule has 1 amide bonds. The molecule has 1 aliphatic carbocycles. The molecular weight excluding hydrogens is 310 g/mol. The second kappa shape index (κ2) is 6.75. The number of rotatable bonds is 4. The molecule has 3 nitrogen and oxygen atoms in total. The average molecular weight is 333 g/mol. The Morgan fingerprint density at radius 1 is 0.960 bits per heavy atom. The Morgan fingerprint density at radius 2 is 1.68 bits per heavy atom. The highest BCUT2D eigenvalue weighted by atomic mass is 16.3. The van der Waals surface area contributed by atoms with Gasteiger partial charge in [-0.2, -0.15) is 0 Å². The minimum atomic E-state index is -0.128. The van der Waals surface area contributed by atoms with Gasteiger partial charge in [0.15, 0.2) is 5.76 Å². The summed E-state index contributed by atoms with van der Waals surface area (Å²) in [5, 5.41) is 4.10. The van der Waals surface area contributed by atoms with Crippen LogP contribution in [0.5, 0.6) is 0 Å². The lowest BCUT2D eigenvalue weighted by Gasteiger charge is -2.38. The molecule has 0 bridgehead atoms. The lowest BCUT2D eigenvalue weighted by atomic mass is 9.69. The summed E-state index contributed by atoms with van der Waals surface area (Å²) in [6.07, 6.45) is 5.96. The van der Waals surface area contributed by atoms with Crippen LogP contribution in [0.25, 0.3) is 11.0 Å². The van der Waals surface area contributed by atoms with E-state index in [0.29, 0.717) is 12.3 Å². The molecule has 1 saturated carbocycles. The molecule has 0 atom stereocenters. The first kappa shape index (κ1) is 15.9. The predicted molar refractivity (Wildman–Crippen MR) is 99.8 cm³/mol. The van der Waals surface area contributed by atoms with Crippen LogP contribution in [-0.4, -0.2) is 12.5 Å². The fourth-order valence-electron chi connectivity index (χ4n) is 4.02. The number of carbonyl (C=O) groups is 1. The van der Waals surface area contributed by atoms with Gasteiger partial charge in [-0.3, -0.25) is 4.79 Å². The van der Waals surface area contributed by atoms with Crippen LogP contribution in [0.2, 0.25) is 0 Å². The normalized spacial score (nSPS) is 16.6. The second-order valence-electron chi connectivity index (χ2n) is 7.04. The van der Waals surface area contributed by atoms with E-state index < -0.39 is 0 Å². The van der Waals surface area contributed by atoms with E-state index in [1.54, 1.807) is 0 Å². The summed E-state index contributed by atoms with van der Waals surface area (Å²) in [7, 11) is 0. The summed E-state index contributed by atoms with van der Waals surface area (Å²) in [5.41, 5.74) is 2.13. The monoisotopic (exact) mass is 333 g/mol. The van der Waals surface area contributed by atoms with Gasteiger partial charge in [0.25, 0.3) is 5.91 Å². The number of fused-ring (bicyclic) bond motifs is 1. The van der Waals surface area contributed by atoms with Crippen molar-refractivity contribution < 1.29 is 9.21 Å². The number of hydrogen-bond acceptors (Lipinski definition) is 2. The number of furan rings is 1. The van der Waals surface area contributed by atoms with Crippen molar-refractivity contribution >= 4 is 16.9 Å². The van der Waals surface area contributed by atoms with Crippen LogP contribution in [-0.2, 0) is 5.41 Å². The van der Waals surface area contributed by atoms with Crippen molar-refractivity contribution in [1.82, 2.24) is 5.32 Å². The number of para-hydroxylation sites is 1. The molecule has 0 spiro atoms. The zero-order chi connectivity index (χ0) is 17.1. The highest BCUT2D eigenvalue weighted by Crippen LogP contribution is 2.39. The SMILES string of the molecule is O=C(NCC1(c2ccccc2)CCCCC1)c1cc2ccccc2o1. The molecule has 25 heavy (non-hydrogen) atoms. The molecule has 1 N–H and O–H groups in total. The van der Waals surface area contributed by atoms with Gasteiger partial charge < -0.3 is 9.73 Å². The van der Waals surface area contributed by atoms with E-state index in [2.05, 4.69) is 29.6 Å². The van der Waals surface area contributed by atoms with Crippen LogP contribution in [0.3, 0.4) is 0 Å². The average Bonchev–Trinajstić information content (AvgIpc) is 3.12. The number of benzene rings is 2. The zero-order valence-electron chi connectivity index (χ0n) is 14.3. The van der Waals surface area contributed by atoms with Gasteiger partial charge in [0.2, 0.25) is 0 Å². The van der Waals surface area contributed by atoms with E-state index >= 15 is 0 Å². The molecule has 0 radical (unpaired) electrons. The first-order valence-electron chi connectivity index (χ1n) is 9.09. The molecule has 128 valence electrons. The minimum Gasteiger partial charge on any atom is -0.451 e. The van der Waals surface area contributed by atoms with Crippen LogP contribution in [0.15, 0.2) is 65.1 Å². The third kappa shape index (κ3) is 3.19. The first-order chi connectivity index (χ1) is 12.3. The molecule has 0 saturated heterocycles. The lowest BCUT2D eigenvalue weighted by Crippen LogP contribution is -2.42. The highest BCUT2D eigenvalue weighted by Gasteiger charge is 2.34. The fraction of sp³-hybridized carbons (Fsp3) is 0.318. The minimum absolute atomic E-state index is 0.0428. The number of carbonyl (C=O) groups excluding carboxylic acids is 1. The van der Waals surface area contributed by atoms with Crippen molar-refractivity contribution in [2.45, 2.75) is 37.5 Å². The molecule has 3 aromatic rings. The zero-order valence-corrected chi connectivity index (χ0v) is 14.3. The van der Waals surface area contributed by atoms with Gasteiger partial charge in [-0.05, 0) is 30.5 Å². The van der Waals surface area contributed by atoms with Gasteiger partial charge in [-0.15, -0.1) is 0 Å². The molecule has 1 aromatic heterocycles. The van der Waals surface area contributed by atoms with Crippen molar-refractivity contribution in [2.24, 2.45) is 0 Å². The van der Waals surface area contributed by atoms with Crippen LogP contribution in [0.4, 0.5) is 0 Å². The van der Waals surface area contributed by atoms with Gasteiger partial charge in [0, 0.05) is 17.3 Å². The summed E-state index contributed by atoms with van der Waals surface area (Å²) in [6.45, 7) is 0.660. The highest BCUT2D eigenvalue weighted by molar-refractivity contribution is 5.96. The molecule has 4 rings (SSSR count). The maximum Gasteiger partial charge on any atom is 0.287 e. The maximum absolute atomic E-state index is 12.6. The van der Waals surface area contributed by atoms with E-state index in [1.165, 1.54) is 24.8 Å². The molecule has 1 fully saturated rings. The Bertz CT molecular complexity index is 827. The predicted octanol–water partition coefficient (Wildman–Crippen LogP) is 5.06. The molecule has 0 unspecified atom stereocenters. The molecule has 3 heteroatoms. The van der Waals surface area contributed by atoms with Gasteiger partial charge in [0.05, 0.1) is 0 Å². The molecular formula is C22H23NO2. The summed E-state index contributed by atoms with van der Waals surface area (Å²) in [5.74, 6) is 0.261. The Hall–Kier alpha value is -2.55. The molecule has 2 aromatic carbocycles. The van der Waals surface area contributed by atoms with E-state index in [1.807, 2.05) is 36.4 Å².